The van der Waals surface area contributed by atoms with Crippen LogP contribution in [0.5, 0.6) is 0 Å². The van der Waals surface area contributed by atoms with Gasteiger partial charge in [-0.05, 0) is 70.6 Å². The Balaban J connectivity index is 1.82. The molecule has 1 aliphatic heterocycles. The first-order valence-corrected chi connectivity index (χ1v) is 8.98. The summed E-state index contributed by atoms with van der Waals surface area (Å²) in [6.45, 7) is 7.43. The van der Waals surface area contributed by atoms with E-state index in [1.165, 1.54) is 0 Å². The number of hydrogen-bond acceptors (Lipinski definition) is 4. The molecule has 5 nitrogen and oxygen atoms in total. The molecule has 2 N–H and O–H groups in total. The molecule has 1 saturated heterocycles. The van der Waals surface area contributed by atoms with Crippen molar-refractivity contribution in [3.8, 4) is 0 Å². The number of rotatable bonds is 3. The van der Waals surface area contributed by atoms with Gasteiger partial charge in [0.15, 0.2) is 0 Å². The van der Waals surface area contributed by atoms with Crippen molar-refractivity contribution < 1.29 is 19.7 Å². The molecule has 0 aromatic rings. The smallest absolute Gasteiger partial charge is 0.410 e. The van der Waals surface area contributed by atoms with Crippen molar-refractivity contribution in [1.29, 1.82) is 0 Å². The minimum atomic E-state index is -0.437. The van der Waals surface area contributed by atoms with E-state index in [1.54, 1.807) is 0 Å². The average molecular weight is 327 g/mol. The Hall–Kier alpha value is -0.810. The molecule has 1 heterocycles. The largest absolute Gasteiger partial charge is 0.444 e. The van der Waals surface area contributed by atoms with Crippen LogP contribution in [0.2, 0.25) is 0 Å². The molecular weight excluding hydrogens is 294 g/mol. The van der Waals surface area contributed by atoms with Crippen molar-refractivity contribution in [3.05, 3.63) is 0 Å². The Morgan fingerprint density at radius 2 is 1.65 bits per heavy atom. The number of aliphatic hydroxyl groups is 2. The highest BCUT2D eigenvalue weighted by Crippen LogP contribution is 2.47. The van der Waals surface area contributed by atoms with Crippen molar-refractivity contribution in [2.45, 2.75) is 64.9 Å². The van der Waals surface area contributed by atoms with E-state index in [-0.39, 0.29) is 25.2 Å². The molecule has 1 aliphatic carbocycles. The number of nitrogens with zero attached hydrogens (tertiary/aromatic N) is 1. The van der Waals surface area contributed by atoms with Crippen LogP contribution in [-0.2, 0) is 4.74 Å². The molecule has 0 unspecified atom stereocenters. The van der Waals surface area contributed by atoms with Gasteiger partial charge in [0.05, 0.1) is 0 Å². The molecule has 2 rings (SSSR count). The molecule has 1 spiro atoms. The van der Waals surface area contributed by atoms with Crippen molar-refractivity contribution in [1.82, 2.24) is 4.90 Å². The van der Waals surface area contributed by atoms with Gasteiger partial charge in [0.1, 0.15) is 5.60 Å². The van der Waals surface area contributed by atoms with Gasteiger partial charge in [-0.3, -0.25) is 0 Å². The van der Waals surface area contributed by atoms with Crippen molar-refractivity contribution in [3.63, 3.8) is 0 Å². The zero-order valence-electron chi connectivity index (χ0n) is 14.9. The summed E-state index contributed by atoms with van der Waals surface area (Å²) in [6.07, 6.45) is 6.36. The molecule has 0 atom stereocenters. The van der Waals surface area contributed by atoms with E-state index in [0.717, 1.165) is 51.6 Å². The number of amides is 1. The minimum absolute atomic E-state index is 0.0363. The molecule has 23 heavy (non-hydrogen) atoms. The average Bonchev–Trinajstić information content (AvgIpc) is 2.49. The highest BCUT2D eigenvalue weighted by Gasteiger charge is 2.40. The van der Waals surface area contributed by atoms with Crippen LogP contribution in [0.3, 0.4) is 0 Å². The van der Waals surface area contributed by atoms with E-state index in [0.29, 0.717) is 11.3 Å². The van der Waals surface area contributed by atoms with Gasteiger partial charge < -0.3 is 19.8 Å². The van der Waals surface area contributed by atoms with E-state index >= 15 is 0 Å². The molecule has 0 aromatic carbocycles. The molecule has 0 aromatic heterocycles. The number of carbonyl (C=O) groups excluding carboxylic acids is 1. The Labute approximate surface area is 140 Å². The molecule has 0 radical (unpaired) electrons. The van der Waals surface area contributed by atoms with Gasteiger partial charge in [-0.15, -0.1) is 0 Å². The van der Waals surface area contributed by atoms with Crippen molar-refractivity contribution in [2.75, 3.05) is 26.3 Å². The standard InChI is InChI=1S/C18H33NO4/c1-17(2,3)23-16(22)19-10-8-18(9-11-19)6-4-14(5-7-18)15(12-20)13-21/h14-15,20-21H,4-13H2,1-3H3. The maximum absolute atomic E-state index is 12.2. The lowest BCUT2D eigenvalue weighted by molar-refractivity contribution is -0.00621. The molecule has 2 aliphatic rings. The Morgan fingerprint density at radius 1 is 1.13 bits per heavy atom. The van der Waals surface area contributed by atoms with E-state index in [4.69, 9.17) is 4.74 Å². The predicted molar refractivity (Wildman–Crippen MR) is 89.1 cm³/mol. The number of likely N-dealkylation sites (tertiary alicyclic amines) is 1. The highest BCUT2D eigenvalue weighted by atomic mass is 16.6. The fourth-order valence-corrected chi connectivity index (χ4v) is 4.07. The van der Waals surface area contributed by atoms with Gasteiger partial charge in [-0.2, -0.15) is 0 Å². The number of ether oxygens (including phenoxy) is 1. The van der Waals surface area contributed by atoms with E-state index in [9.17, 15) is 15.0 Å². The third-order valence-corrected chi connectivity index (χ3v) is 5.70. The molecule has 5 heteroatoms. The monoisotopic (exact) mass is 327 g/mol. The van der Waals surface area contributed by atoms with E-state index in [1.807, 2.05) is 25.7 Å². The molecule has 134 valence electrons. The van der Waals surface area contributed by atoms with Gasteiger partial charge in [-0.1, -0.05) is 0 Å². The number of carbonyl (C=O) groups is 1. The lowest BCUT2D eigenvalue weighted by Crippen LogP contribution is -2.46. The summed E-state index contributed by atoms with van der Waals surface area (Å²) < 4.78 is 5.46. The van der Waals surface area contributed by atoms with Gasteiger partial charge in [0, 0.05) is 32.2 Å². The molecule has 1 saturated carbocycles. The quantitative estimate of drug-likeness (QED) is 0.836. The summed E-state index contributed by atoms with van der Waals surface area (Å²) >= 11 is 0. The molecular formula is C18H33NO4. The first-order valence-electron chi connectivity index (χ1n) is 8.98. The van der Waals surface area contributed by atoms with Crippen LogP contribution in [0.1, 0.15) is 59.3 Å². The van der Waals surface area contributed by atoms with Crippen LogP contribution < -0.4 is 0 Å². The van der Waals surface area contributed by atoms with Crippen LogP contribution in [0.15, 0.2) is 0 Å². The summed E-state index contributed by atoms with van der Waals surface area (Å²) in [5.74, 6) is 0.480. The van der Waals surface area contributed by atoms with Crippen molar-refractivity contribution in [2.24, 2.45) is 17.3 Å². The minimum Gasteiger partial charge on any atom is -0.444 e. The number of aliphatic hydroxyl groups excluding tert-OH is 2. The summed E-state index contributed by atoms with van der Waals surface area (Å²) in [5.41, 5.74) is -0.0850. The van der Waals surface area contributed by atoms with Gasteiger partial charge in [0.25, 0.3) is 0 Å². The third kappa shape index (κ3) is 4.83. The van der Waals surface area contributed by atoms with Crippen molar-refractivity contribution >= 4 is 6.09 Å². The first-order chi connectivity index (χ1) is 10.8. The van der Waals surface area contributed by atoms with Gasteiger partial charge in [-0.25, -0.2) is 4.79 Å². The lowest BCUT2D eigenvalue weighted by atomic mass is 9.63. The Morgan fingerprint density at radius 3 is 2.09 bits per heavy atom. The molecule has 1 amide bonds. The van der Waals surface area contributed by atoms with Crippen LogP contribution >= 0.6 is 0 Å². The number of hydrogen-bond donors (Lipinski definition) is 2. The normalized spacial score (nSPS) is 22.6. The van der Waals surface area contributed by atoms with Crippen LogP contribution in [-0.4, -0.2) is 53.1 Å². The maximum Gasteiger partial charge on any atom is 0.410 e. The SMILES string of the molecule is CC(C)(C)OC(=O)N1CCC2(CCC(C(CO)CO)CC2)CC1. The van der Waals surface area contributed by atoms with Crippen LogP contribution in [0.4, 0.5) is 4.79 Å². The Kier molecular flexibility index (Phi) is 5.95. The molecule has 0 bridgehead atoms. The summed E-state index contributed by atoms with van der Waals surface area (Å²) in [6, 6.07) is 0. The highest BCUT2D eigenvalue weighted by molar-refractivity contribution is 5.68. The zero-order valence-corrected chi connectivity index (χ0v) is 14.9. The second-order valence-electron chi connectivity index (χ2n) is 8.43. The number of piperidine rings is 1. The molecule has 2 fully saturated rings. The van der Waals surface area contributed by atoms with Crippen LogP contribution in [0.25, 0.3) is 0 Å². The third-order valence-electron chi connectivity index (χ3n) is 5.70. The fourth-order valence-electron chi connectivity index (χ4n) is 4.07. The second-order valence-corrected chi connectivity index (χ2v) is 8.43. The fraction of sp³-hybridized carbons (Fsp3) is 0.944. The van der Waals surface area contributed by atoms with Gasteiger partial charge in [0.2, 0.25) is 0 Å². The second kappa shape index (κ2) is 7.39. The lowest BCUT2D eigenvalue weighted by Gasteiger charge is -2.46. The van der Waals surface area contributed by atoms with E-state index < -0.39 is 5.60 Å². The predicted octanol–water partition coefficient (Wildman–Crippen LogP) is 2.79. The Bertz CT molecular complexity index is 382. The summed E-state index contributed by atoms with van der Waals surface area (Å²) in [5, 5.41) is 18.7. The van der Waals surface area contributed by atoms with Crippen LogP contribution in [0, 0.1) is 17.3 Å². The van der Waals surface area contributed by atoms with E-state index in [2.05, 4.69) is 0 Å². The summed E-state index contributed by atoms with van der Waals surface area (Å²) in [7, 11) is 0. The van der Waals surface area contributed by atoms with Gasteiger partial charge >= 0.3 is 6.09 Å². The maximum atomic E-state index is 12.2. The zero-order chi connectivity index (χ0) is 17.1. The summed E-state index contributed by atoms with van der Waals surface area (Å²) in [4.78, 5) is 14.0. The first kappa shape index (κ1) is 18.5. The topological polar surface area (TPSA) is 70.0 Å².